The molecule has 1 N–H and O–H groups in total. The van der Waals surface area contributed by atoms with Crippen LogP contribution < -0.4 is 14.8 Å². The Bertz CT molecular complexity index is 1240. The fraction of sp³-hybridized carbons (Fsp3) is 0.296. The van der Waals surface area contributed by atoms with Gasteiger partial charge in [-0.15, -0.1) is 0 Å². The van der Waals surface area contributed by atoms with E-state index in [2.05, 4.69) is 49.5 Å². The Morgan fingerprint density at radius 1 is 0.968 bits per heavy atom. The van der Waals surface area contributed by atoms with Crippen LogP contribution in [-0.4, -0.2) is 20.0 Å². The number of methoxy groups -OCH3 is 2. The average molecular weight is 414 g/mol. The maximum absolute atomic E-state index is 13.6. The molecule has 0 amide bonds. The molecule has 0 aromatic heterocycles. The topological polar surface area (TPSA) is 47.6 Å². The molecule has 0 spiro atoms. The fourth-order valence-electron chi connectivity index (χ4n) is 5.18. The van der Waals surface area contributed by atoms with Crippen molar-refractivity contribution in [2.45, 2.75) is 32.6 Å². The molecule has 5 rings (SSSR count). The van der Waals surface area contributed by atoms with Crippen molar-refractivity contribution in [3.63, 3.8) is 0 Å². The summed E-state index contributed by atoms with van der Waals surface area (Å²) < 4.78 is 11.3. The molecule has 0 fully saturated rings. The van der Waals surface area contributed by atoms with Crippen molar-refractivity contribution < 1.29 is 14.3 Å². The molecule has 0 saturated carbocycles. The molecule has 31 heavy (non-hydrogen) atoms. The Morgan fingerprint density at radius 3 is 2.55 bits per heavy atom. The summed E-state index contributed by atoms with van der Waals surface area (Å²) in [5.74, 6) is 1.50. The van der Waals surface area contributed by atoms with Crippen molar-refractivity contribution in [3.8, 4) is 11.5 Å². The van der Waals surface area contributed by atoms with E-state index in [1.54, 1.807) is 14.2 Å². The molecule has 4 heteroatoms. The van der Waals surface area contributed by atoms with Crippen LogP contribution in [0.5, 0.6) is 11.5 Å². The lowest BCUT2D eigenvalue weighted by atomic mass is 9.68. The van der Waals surface area contributed by atoms with Crippen LogP contribution in [0.4, 0.5) is 5.69 Å². The van der Waals surface area contributed by atoms with Crippen LogP contribution >= 0.6 is 0 Å². The summed E-state index contributed by atoms with van der Waals surface area (Å²) in [6.45, 7) is 4.32. The molecule has 1 heterocycles. The number of benzene rings is 3. The van der Waals surface area contributed by atoms with E-state index in [-0.39, 0.29) is 17.1 Å². The number of hydrogen-bond acceptors (Lipinski definition) is 4. The van der Waals surface area contributed by atoms with Gasteiger partial charge in [0.1, 0.15) is 11.5 Å². The van der Waals surface area contributed by atoms with Crippen molar-refractivity contribution in [1.82, 2.24) is 0 Å². The third-order valence-electron chi connectivity index (χ3n) is 6.50. The predicted molar refractivity (Wildman–Crippen MR) is 124 cm³/mol. The number of carbonyl (C=O) groups excluding carboxylic acids is 1. The van der Waals surface area contributed by atoms with Gasteiger partial charge in [0, 0.05) is 34.9 Å². The summed E-state index contributed by atoms with van der Waals surface area (Å²) in [5.41, 5.74) is 4.95. The van der Waals surface area contributed by atoms with E-state index in [0.29, 0.717) is 6.42 Å². The van der Waals surface area contributed by atoms with Gasteiger partial charge < -0.3 is 14.8 Å². The smallest absolute Gasteiger partial charge is 0.162 e. The highest BCUT2D eigenvalue weighted by Gasteiger charge is 2.42. The minimum atomic E-state index is -0.217. The molecule has 3 aromatic rings. The van der Waals surface area contributed by atoms with Crippen molar-refractivity contribution >= 4 is 22.2 Å². The minimum Gasteiger partial charge on any atom is -0.497 e. The van der Waals surface area contributed by atoms with Crippen LogP contribution in [0.2, 0.25) is 0 Å². The van der Waals surface area contributed by atoms with Gasteiger partial charge in [0.05, 0.1) is 14.2 Å². The number of anilines is 1. The number of allylic oxidation sites excluding steroid dienone is 2. The second-order valence-corrected chi connectivity index (χ2v) is 9.25. The second kappa shape index (κ2) is 7.16. The van der Waals surface area contributed by atoms with Gasteiger partial charge in [-0.05, 0) is 52.4 Å². The Kier molecular flexibility index (Phi) is 4.54. The molecule has 0 radical (unpaired) electrons. The maximum atomic E-state index is 13.6. The first-order valence-electron chi connectivity index (χ1n) is 10.7. The highest BCUT2D eigenvalue weighted by atomic mass is 16.5. The van der Waals surface area contributed by atoms with Crippen LogP contribution in [0.1, 0.15) is 43.7 Å². The number of nitrogens with one attached hydrogen (secondary N) is 1. The van der Waals surface area contributed by atoms with Gasteiger partial charge in [-0.2, -0.15) is 0 Å². The molecular weight excluding hydrogens is 386 g/mol. The van der Waals surface area contributed by atoms with Crippen LogP contribution in [0, 0.1) is 5.41 Å². The molecule has 1 atom stereocenters. The van der Waals surface area contributed by atoms with E-state index >= 15 is 0 Å². The first kappa shape index (κ1) is 19.7. The maximum Gasteiger partial charge on any atom is 0.162 e. The summed E-state index contributed by atoms with van der Waals surface area (Å²) in [7, 11) is 3.34. The molecule has 158 valence electrons. The molecule has 0 bridgehead atoms. The van der Waals surface area contributed by atoms with Gasteiger partial charge in [0.25, 0.3) is 0 Å². The molecule has 2 aliphatic rings. The zero-order valence-electron chi connectivity index (χ0n) is 18.4. The fourth-order valence-corrected chi connectivity index (χ4v) is 5.18. The summed E-state index contributed by atoms with van der Waals surface area (Å²) in [6, 6.07) is 18.5. The van der Waals surface area contributed by atoms with Gasteiger partial charge >= 0.3 is 0 Å². The van der Waals surface area contributed by atoms with Crippen molar-refractivity contribution in [2.24, 2.45) is 5.41 Å². The van der Waals surface area contributed by atoms with Gasteiger partial charge in [-0.25, -0.2) is 0 Å². The van der Waals surface area contributed by atoms with Crippen LogP contribution in [0.15, 0.2) is 65.9 Å². The Labute approximate surface area is 182 Å². The molecule has 0 saturated heterocycles. The number of Topliss-reactive ketones (excluding diaryl/α,β-unsaturated/α-hetero) is 1. The van der Waals surface area contributed by atoms with Gasteiger partial charge in [-0.1, -0.05) is 44.2 Å². The number of ketones is 1. The quantitative estimate of drug-likeness (QED) is 0.567. The zero-order chi connectivity index (χ0) is 21.8. The molecule has 0 unspecified atom stereocenters. The van der Waals surface area contributed by atoms with Gasteiger partial charge in [0.2, 0.25) is 0 Å². The summed E-state index contributed by atoms with van der Waals surface area (Å²) >= 11 is 0. The highest BCUT2D eigenvalue weighted by Crippen LogP contribution is 2.52. The van der Waals surface area contributed by atoms with E-state index in [1.165, 1.54) is 0 Å². The number of carbonyl (C=O) groups is 1. The Hall–Kier alpha value is -3.27. The normalized spacial score (nSPS) is 19.5. The Morgan fingerprint density at radius 2 is 1.77 bits per heavy atom. The number of fused-ring (bicyclic) bond motifs is 3. The first-order valence-corrected chi connectivity index (χ1v) is 10.7. The summed E-state index contributed by atoms with van der Waals surface area (Å²) in [5, 5.41) is 5.93. The molecule has 3 aromatic carbocycles. The first-order chi connectivity index (χ1) is 14.9. The third kappa shape index (κ3) is 3.18. The average Bonchev–Trinajstić information content (AvgIpc) is 2.76. The molecular formula is C27H27NO3. The predicted octanol–water partition coefficient (Wildman–Crippen LogP) is 6.06. The second-order valence-electron chi connectivity index (χ2n) is 9.25. The van der Waals surface area contributed by atoms with E-state index in [9.17, 15) is 4.79 Å². The van der Waals surface area contributed by atoms with Crippen molar-refractivity contribution in [2.75, 3.05) is 19.5 Å². The molecule has 4 nitrogen and oxygen atoms in total. The van der Waals surface area contributed by atoms with Crippen LogP contribution in [0.25, 0.3) is 10.8 Å². The third-order valence-corrected chi connectivity index (χ3v) is 6.50. The van der Waals surface area contributed by atoms with E-state index in [4.69, 9.17) is 9.47 Å². The number of ether oxygens (including phenoxy) is 2. The standard InChI is InChI=1S/C27H27NO3/c1-27(2)14-21-26(22(29)15-27)25(19-13-17(30-3)10-12-23(19)31-4)24-18-8-6-5-7-16(18)9-11-20(24)28-21/h5-13,25,28H,14-15H2,1-4H3/t25-/m0/s1. The van der Waals surface area contributed by atoms with E-state index < -0.39 is 0 Å². The zero-order valence-corrected chi connectivity index (χ0v) is 18.4. The number of rotatable bonds is 3. The SMILES string of the molecule is COc1ccc(OC)c([C@@H]2C3=C(CC(C)(C)CC3=O)Nc3ccc4ccccc4c32)c1. The Balaban J connectivity index is 1.85. The van der Waals surface area contributed by atoms with Crippen molar-refractivity contribution in [3.05, 3.63) is 77.0 Å². The van der Waals surface area contributed by atoms with E-state index in [0.717, 1.165) is 56.8 Å². The largest absolute Gasteiger partial charge is 0.497 e. The minimum absolute atomic E-state index is 0.0692. The molecule has 1 aliphatic carbocycles. The monoisotopic (exact) mass is 413 g/mol. The van der Waals surface area contributed by atoms with Gasteiger partial charge in [0.15, 0.2) is 5.78 Å². The van der Waals surface area contributed by atoms with Crippen LogP contribution in [0.3, 0.4) is 0 Å². The lowest BCUT2D eigenvalue weighted by molar-refractivity contribution is -0.118. The van der Waals surface area contributed by atoms with Crippen molar-refractivity contribution in [1.29, 1.82) is 0 Å². The van der Waals surface area contributed by atoms with Crippen LogP contribution in [-0.2, 0) is 4.79 Å². The van der Waals surface area contributed by atoms with E-state index in [1.807, 2.05) is 24.3 Å². The summed E-state index contributed by atoms with van der Waals surface area (Å²) in [4.78, 5) is 13.6. The number of hydrogen-bond donors (Lipinski definition) is 1. The van der Waals surface area contributed by atoms with Gasteiger partial charge in [-0.3, -0.25) is 4.79 Å². The lowest BCUT2D eigenvalue weighted by Crippen LogP contribution is -2.34. The lowest BCUT2D eigenvalue weighted by Gasteiger charge is -2.40. The summed E-state index contributed by atoms with van der Waals surface area (Å²) in [6.07, 6.45) is 1.37. The molecule has 1 aliphatic heterocycles. The highest BCUT2D eigenvalue weighted by molar-refractivity contribution is 6.04.